The topological polar surface area (TPSA) is 37.8 Å². The van der Waals surface area contributed by atoms with Crippen molar-refractivity contribution < 1.29 is 0 Å². The highest BCUT2D eigenvalue weighted by Gasteiger charge is 2.21. The monoisotopic (exact) mass is 225 g/mol. The molecular weight excluding hydrogens is 210 g/mol. The lowest BCUT2D eigenvalue weighted by Crippen LogP contribution is -2.03. The van der Waals surface area contributed by atoms with Gasteiger partial charge in [0.05, 0.1) is 5.69 Å². The van der Waals surface area contributed by atoms with E-state index in [1.807, 2.05) is 18.2 Å². The molecule has 0 saturated heterocycles. The van der Waals surface area contributed by atoms with E-state index in [4.69, 9.17) is 0 Å². The highest BCUT2D eigenvalue weighted by atomic mass is 15.2. The minimum absolute atomic E-state index is 0.620. The Labute approximate surface area is 101 Å². The zero-order chi connectivity index (χ0) is 11.7. The summed E-state index contributed by atoms with van der Waals surface area (Å²) in [5, 5.41) is 11.8. The molecule has 17 heavy (non-hydrogen) atoms. The average Bonchev–Trinajstić information content (AvgIpc) is 3.14. The van der Waals surface area contributed by atoms with Crippen LogP contribution < -0.4 is 5.32 Å². The smallest absolute Gasteiger partial charge is 0.148 e. The zero-order valence-electron chi connectivity index (χ0n) is 9.85. The Kier molecular flexibility index (Phi) is 2.52. The van der Waals surface area contributed by atoms with Crippen molar-refractivity contribution in [3.05, 3.63) is 42.0 Å². The molecule has 3 rings (SSSR count). The van der Waals surface area contributed by atoms with Gasteiger partial charge < -0.3 is 5.32 Å². The average molecular weight is 225 g/mol. The Morgan fingerprint density at radius 2 is 2.00 bits per heavy atom. The van der Waals surface area contributed by atoms with Gasteiger partial charge in [0.25, 0.3) is 0 Å². The van der Waals surface area contributed by atoms with Crippen LogP contribution in [0.4, 0.5) is 5.82 Å². The van der Waals surface area contributed by atoms with E-state index in [1.165, 1.54) is 18.4 Å². The van der Waals surface area contributed by atoms with Crippen LogP contribution in [0.3, 0.4) is 0 Å². The second-order valence-electron chi connectivity index (χ2n) is 4.59. The minimum atomic E-state index is 0.620. The van der Waals surface area contributed by atoms with E-state index in [1.54, 1.807) is 0 Å². The number of hydrogen-bond donors (Lipinski definition) is 1. The summed E-state index contributed by atoms with van der Waals surface area (Å²) in [5.74, 6) is 0.879. The second kappa shape index (κ2) is 4.17. The molecular formula is C14H15N3. The van der Waals surface area contributed by atoms with Gasteiger partial charge in [0, 0.05) is 11.6 Å². The third-order valence-corrected chi connectivity index (χ3v) is 2.91. The van der Waals surface area contributed by atoms with E-state index in [-0.39, 0.29) is 0 Å². The van der Waals surface area contributed by atoms with Crippen LogP contribution in [-0.2, 0) is 0 Å². The molecule has 3 heteroatoms. The number of rotatable bonds is 3. The third-order valence-electron chi connectivity index (χ3n) is 2.91. The standard InChI is InChI=1S/C14H15N3/c1-10-3-2-4-11(9-10)13-7-8-14(17-16-13)15-12-5-6-12/h2-4,7-9,12H,5-6H2,1H3,(H,15,17). The molecule has 0 spiro atoms. The first-order chi connectivity index (χ1) is 8.31. The normalized spacial score (nSPS) is 14.6. The molecule has 1 fully saturated rings. The molecule has 3 nitrogen and oxygen atoms in total. The number of nitrogens with zero attached hydrogens (tertiary/aromatic N) is 2. The number of nitrogens with one attached hydrogen (secondary N) is 1. The molecule has 1 N–H and O–H groups in total. The summed E-state index contributed by atoms with van der Waals surface area (Å²) in [6.45, 7) is 2.08. The van der Waals surface area contributed by atoms with Crippen molar-refractivity contribution in [2.45, 2.75) is 25.8 Å². The molecule has 0 aliphatic heterocycles. The fourth-order valence-electron chi connectivity index (χ4n) is 1.80. The molecule has 1 aliphatic carbocycles. The maximum atomic E-state index is 4.26. The van der Waals surface area contributed by atoms with Gasteiger partial charge >= 0.3 is 0 Å². The molecule has 0 unspecified atom stereocenters. The Morgan fingerprint density at radius 3 is 2.65 bits per heavy atom. The van der Waals surface area contributed by atoms with E-state index in [0.29, 0.717) is 6.04 Å². The first kappa shape index (κ1) is 10.3. The summed E-state index contributed by atoms with van der Waals surface area (Å²) in [7, 11) is 0. The van der Waals surface area contributed by atoms with Crippen LogP contribution in [0.5, 0.6) is 0 Å². The zero-order valence-corrected chi connectivity index (χ0v) is 9.85. The van der Waals surface area contributed by atoms with E-state index < -0.39 is 0 Å². The number of aryl methyl sites for hydroxylation is 1. The number of anilines is 1. The van der Waals surface area contributed by atoms with E-state index >= 15 is 0 Å². The van der Waals surface area contributed by atoms with Crippen LogP contribution in [0.15, 0.2) is 36.4 Å². The van der Waals surface area contributed by atoms with Crippen molar-refractivity contribution >= 4 is 5.82 Å². The van der Waals surface area contributed by atoms with Crippen LogP contribution >= 0.6 is 0 Å². The quantitative estimate of drug-likeness (QED) is 0.872. The van der Waals surface area contributed by atoms with Crippen LogP contribution in [0.2, 0.25) is 0 Å². The number of benzene rings is 1. The highest BCUT2D eigenvalue weighted by Crippen LogP contribution is 2.24. The van der Waals surface area contributed by atoms with Gasteiger partial charge in [-0.15, -0.1) is 10.2 Å². The summed E-state index contributed by atoms with van der Waals surface area (Å²) >= 11 is 0. The fraction of sp³-hybridized carbons (Fsp3) is 0.286. The Hall–Kier alpha value is -1.90. The third kappa shape index (κ3) is 2.44. The predicted octanol–water partition coefficient (Wildman–Crippen LogP) is 3.03. The van der Waals surface area contributed by atoms with Gasteiger partial charge in [0.2, 0.25) is 0 Å². The lowest BCUT2D eigenvalue weighted by Gasteiger charge is -2.04. The van der Waals surface area contributed by atoms with Gasteiger partial charge in [-0.2, -0.15) is 0 Å². The van der Waals surface area contributed by atoms with Crippen molar-refractivity contribution in [3.8, 4) is 11.3 Å². The van der Waals surface area contributed by atoms with Crippen molar-refractivity contribution in [2.24, 2.45) is 0 Å². The van der Waals surface area contributed by atoms with Gasteiger partial charge in [-0.1, -0.05) is 23.8 Å². The van der Waals surface area contributed by atoms with Crippen molar-refractivity contribution in [2.75, 3.05) is 5.32 Å². The van der Waals surface area contributed by atoms with Gasteiger partial charge in [-0.3, -0.25) is 0 Å². The molecule has 0 amide bonds. The molecule has 2 aromatic rings. The van der Waals surface area contributed by atoms with Gasteiger partial charge in [0.1, 0.15) is 5.82 Å². The van der Waals surface area contributed by atoms with Crippen LogP contribution in [0.1, 0.15) is 18.4 Å². The summed E-state index contributed by atoms with van der Waals surface area (Å²) in [6, 6.07) is 13.0. The molecule has 0 bridgehead atoms. The predicted molar refractivity (Wildman–Crippen MR) is 68.8 cm³/mol. The maximum absolute atomic E-state index is 4.26. The SMILES string of the molecule is Cc1cccc(-c2ccc(NC3CC3)nn2)c1. The van der Waals surface area contributed by atoms with Crippen molar-refractivity contribution in [3.63, 3.8) is 0 Å². The summed E-state index contributed by atoms with van der Waals surface area (Å²) in [4.78, 5) is 0. The van der Waals surface area contributed by atoms with Crippen molar-refractivity contribution in [1.29, 1.82) is 0 Å². The highest BCUT2D eigenvalue weighted by molar-refractivity contribution is 5.60. The molecule has 1 aliphatic rings. The summed E-state index contributed by atoms with van der Waals surface area (Å²) < 4.78 is 0. The largest absolute Gasteiger partial charge is 0.366 e. The fourth-order valence-corrected chi connectivity index (χ4v) is 1.80. The number of hydrogen-bond acceptors (Lipinski definition) is 3. The first-order valence-electron chi connectivity index (χ1n) is 5.98. The Morgan fingerprint density at radius 1 is 1.12 bits per heavy atom. The van der Waals surface area contributed by atoms with Gasteiger partial charge in [-0.05, 0) is 38.0 Å². The van der Waals surface area contributed by atoms with Gasteiger partial charge in [0.15, 0.2) is 0 Å². The van der Waals surface area contributed by atoms with Crippen LogP contribution in [0, 0.1) is 6.92 Å². The van der Waals surface area contributed by atoms with E-state index in [2.05, 4.69) is 40.6 Å². The summed E-state index contributed by atoms with van der Waals surface area (Å²) in [5.41, 5.74) is 3.29. The minimum Gasteiger partial charge on any atom is -0.366 e. The van der Waals surface area contributed by atoms with Crippen molar-refractivity contribution in [1.82, 2.24) is 10.2 Å². The van der Waals surface area contributed by atoms with E-state index in [9.17, 15) is 0 Å². The van der Waals surface area contributed by atoms with Gasteiger partial charge in [-0.25, -0.2) is 0 Å². The molecule has 1 aromatic carbocycles. The Balaban J connectivity index is 1.83. The van der Waals surface area contributed by atoms with E-state index in [0.717, 1.165) is 17.1 Å². The maximum Gasteiger partial charge on any atom is 0.148 e. The lowest BCUT2D eigenvalue weighted by atomic mass is 10.1. The molecule has 86 valence electrons. The van der Waals surface area contributed by atoms with Crippen LogP contribution in [-0.4, -0.2) is 16.2 Å². The molecule has 0 radical (unpaired) electrons. The summed E-state index contributed by atoms with van der Waals surface area (Å²) in [6.07, 6.45) is 2.50. The molecule has 1 aromatic heterocycles. The molecule has 0 atom stereocenters. The Bertz CT molecular complexity index is 515. The molecule has 1 heterocycles. The lowest BCUT2D eigenvalue weighted by molar-refractivity contribution is 1.00. The second-order valence-corrected chi connectivity index (χ2v) is 4.59. The first-order valence-corrected chi connectivity index (χ1v) is 5.98. The number of aromatic nitrogens is 2. The molecule has 1 saturated carbocycles. The van der Waals surface area contributed by atoms with Crippen LogP contribution in [0.25, 0.3) is 11.3 Å².